The molecule has 0 heterocycles. The maximum Gasteiger partial charge on any atom is 0.261 e. The molecule has 6 nitrogen and oxygen atoms in total. The first kappa shape index (κ1) is 22.4. The van der Waals surface area contributed by atoms with E-state index in [0.29, 0.717) is 11.3 Å². The van der Waals surface area contributed by atoms with Crippen LogP contribution in [0, 0.1) is 6.92 Å². The number of rotatable bonds is 8. The summed E-state index contributed by atoms with van der Waals surface area (Å²) >= 11 is 0. The summed E-state index contributed by atoms with van der Waals surface area (Å²) < 4.78 is 32.8. The predicted octanol–water partition coefficient (Wildman–Crippen LogP) is 4.69. The number of hydrogen-bond acceptors (Lipinski definition) is 4. The number of benzene rings is 3. The fourth-order valence-electron chi connectivity index (χ4n) is 3.12. The van der Waals surface area contributed by atoms with Crippen LogP contribution in [-0.2, 0) is 10.0 Å². The summed E-state index contributed by atoms with van der Waals surface area (Å²) in [7, 11) is -2.08. The molecular formula is C24H26N2O4S. The molecule has 2 N–H and O–H groups in total. The SMILES string of the molecule is CCC(NC(=O)c1ccc(NS(=O)(=O)c2ccc(C)cc2)cc1)c1ccc(OC)cc1. The Balaban J connectivity index is 1.68. The van der Waals surface area contributed by atoms with Gasteiger partial charge in [0, 0.05) is 11.3 Å². The molecule has 0 fully saturated rings. The van der Waals surface area contributed by atoms with Gasteiger partial charge in [0.1, 0.15) is 5.75 Å². The summed E-state index contributed by atoms with van der Waals surface area (Å²) in [6.07, 6.45) is 0.729. The Kier molecular flexibility index (Phi) is 6.97. The molecule has 0 aliphatic heterocycles. The van der Waals surface area contributed by atoms with Crippen molar-refractivity contribution in [1.29, 1.82) is 0 Å². The van der Waals surface area contributed by atoms with Gasteiger partial charge in [-0.3, -0.25) is 9.52 Å². The van der Waals surface area contributed by atoms with Crippen LogP contribution in [0.3, 0.4) is 0 Å². The van der Waals surface area contributed by atoms with Gasteiger partial charge in [0.25, 0.3) is 15.9 Å². The third-order valence-electron chi connectivity index (χ3n) is 4.96. The molecule has 1 atom stereocenters. The Bertz CT molecular complexity index is 1120. The molecule has 162 valence electrons. The highest BCUT2D eigenvalue weighted by molar-refractivity contribution is 7.92. The van der Waals surface area contributed by atoms with E-state index in [4.69, 9.17) is 4.74 Å². The Hall–Kier alpha value is -3.32. The molecule has 0 radical (unpaired) electrons. The first-order valence-corrected chi connectivity index (χ1v) is 11.4. The number of nitrogens with one attached hydrogen (secondary N) is 2. The lowest BCUT2D eigenvalue weighted by atomic mass is 10.0. The number of aryl methyl sites for hydroxylation is 1. The Morgan fingerprint density at radius 1 is 0.935 bits per heavy atom. The van der Waals surface area contributed by atoms with Gasteiger partial charge in [0.15, 0.2) is 0 Å². The van der Waals surface area contributed by atoms with Crippen LogP contribution in [0.4, 0.5) is 5.69 Å². The number of anilines is 1. The van der Waals surface area contributed by atoms with Crippen molar-refractivity contribution in [3.63, 3.8) is 0 Å². The highest BCUT2D eigenvalue weighted by Gasteiger charge is 2.16. The summed E-state index contributed by atoms with van der Waals surface area (Å²) in [6.45, 7) is 3.89. The zero-order chi connectivity index (χ0) is 22.4. The van der Waals surface area contributed by atoms with Crippen molar-refractivity contribution in [2.24, 2.45) is 0 Å². The second kappa shape index (κ2) is 9.66. The molecule has 3 aromatic carbocycles. The van der Waals surface area contributed by atoms with Crippen molar-refractivity contribution in [2.75, 3.05) is 11.8 Å². The maximum atomic E-state index is 12.7. The summed E-state index contributed by atoms with van der Waals surface area (Å²) in [6, 6.07) is 20.4. The van der Waals surface area contributed by atoms with E-state index >= 15 is 0 Å². The van der Waals surface area contributed by atoms with Crippen LogP contribution in [-0.4, -0.2) is 21.4 Å². The molecule has 1 amide bonds. The molecular weight excluding hydrogens is 412 g/mol. The summed E-state index contributed by atoms with van der Waals surface area (Å²) in [5.41, 5.74) is 2.80. The number of hydrogen-bond donors (Lipinski definition) is 2. The number of amides is 1. The smallest absolute Gasteiger partial charge is 0.261 e. The molecule has 0 saturated carbocycles. The van der Waals surface area contributed by atoms with Crippen LogP contribution in [0.15, 0.2) is 77.7 Å². The van der Waals surface area contributed by atoms with Gasteiger partial charge in [0.2, 0.25) is 0 Å². The maximum absolute atomic E-state index is 12.7. The van der Waals surface area contributed by atoms with E-state index in [1.807, 2.05) is 38.1 Å². The fourth-order valence-corrected chi connectivity index (χ4v) is 4.18. The zero-order valence-corrected chi connectivity index (χ0v) is 18.6. The van der Waals surface area contributed by atoms with Gasteiger partial charge >= 0.3 is 0 Å². The highest BCUT2D eigenvalue weighted by Crippen LogP contribution is 2.21. The molecule has 1 unspecified atom stereocenters. The van der Waals surface area contributed by atoms with Crippen molar-refractivity contribution >= 4 is 21.6 Å². The second-order valence-electron chi connectivity index (χ2n) is 7.20. The van der Waals surface area contributed by atoms with E-state index in [2.05, 4.69) is 10.0 Å². The molecule has 7 heteroatoms. The second-order valence-corrected chi connectivity index (χ2v) is 8.89. The van der Waals surface area contributed by atoms with Gasteiger partial charge in [-0.05, 0) is 67.4 Å². The number of ether oxygens (including phenoxy) is 1. The summed E-state index contributed by atoms with van der Waals surface area (Å²) in [5, 5.41) is 3.02. The van der Waals surface area contributed by atoms with Crippen molar-refractivity contribution in [3.05, 3.63) is 89.5 Å². The van der Waals surface area contributed by atoms with Crippen LogP contribution in [0.25, 0.3) is 0 Å². The van der Waals surface area contributed by atoms with Gasteiger partial charge in [-0.2, -0.15) is 0 Å². The number of methoxy groups -OCH3 is 1. The minimum absolute atomic E-state index is 0.141. The van der Waals surface area contributed by atoms with E-state index < -0.39 is 10.0 Å². The molecule has 0 aromatic heterocycles. The third kappa shape index (κ3) is 5.64. The van der Waals surface area contributed by atoms with Crippen LogP contribution in [0.1, 0.15) is 40.9 Å². The summed E-state index contributed by atoms with van der Waals surface area (Å²) in [5.74, 6) is 0.532. The monoisotopic (exact) mass is 438 g/mol. The third-order valence-corrected chi connectivity index (χ3v) is 6.36. The standard InChI is InChI=1S/C24H26N2O4S/c1-4-23(18-9-13-21(30-3)14-10-18)25-24(27)19-7-11-20(12-8-19)26-31(28,29)22-15-5-17(2)6-16-22/h5-16,23,26H,4H2,1-3H3,(H,25,27). The molecule has 0 bridgehead atoms. The minimum Gasteiger partial charge on any atom is -0.497 e. The van der Waals surface area contributed by atoms with Crippen LogP contribution in [0.5, 0.6) is 5.75 Å². The van der Waals surface area contributed by atoms with Crippen molar-refractivity contribution in [3.8, 4) is 5.75 Å². The van der Waals surface area contributed by atoms with Gasteiger partial charge in [-0.25, -0.2) is 8.42 Å². The average molecular weight is 439 g/mol. The quantitative estimate of drug-likeness (QED) is 0.535. The van der Waals surface area contributed by atoms with Crippen molar-refractivity contribution in [2.45, 2.75) is 31.2 Å². The van der Waals surface area contributed by atoms with Gasteiger partial charge in [0.05, 0.1) is 18.0 Å². The van der Waals surface area contributed by atoms with E-state index in [-0.39, 0.29) is 16.8 Å². The fraction of sp³-hybridized carbons (Fsp3) is 0.208. The van der Waals surface area contributed by atoms with E-state index in [0.717, 1.165) is 23.3 Å². The highest BCUT2D eigenvalue weighted by atomic mass is 32.2. The van der Waals surface area contributed by atoms with E-state index in [1.165, 1.54) is 0 Å². The van der Waals surface area contributed by atoms with Crippen LogP contribution in [0.2, 0.25) is 0 Å². The van der Waals surface area contributed by atoms with Gasteiger partial charge < -0.3 is 10.1 Å². The predicted molar refractivity (Wildman–Crippen MR) is 122 cm³/mol. The zero-order valence-electron chi connectivity index (χ0n) is 17.8. The Morgan fingerprint density at radius 3 is 2.10 bits per heavy atom. The molecule has 3 aromatic rings. The van der Waals surface area contributed by atoms with Crippen molar-refractivity contribution < 1.29 is 17.9 Å². The normalized spacial score (nSPS) is 12.1. The average Bonchev–Trinajstić information content (AvgIpc) is 2.78. The van der Waals surface area contributed by atoms with Crippen molar-refractivity contribution in [1.82, 2.24) is 5.32 Å². The minimum atomic E-state index is -3.69. The van der Waals surface area contributed by atoms with E-state index in [1.54, 1.807) is 55.6 Å². The lowest BCUT2D eigenvalue weighted by Crippen LogP contribution is -2.28. The van der Waals surface area contributed by atoms with Gasteiger partial charge in [-0.15, -0.1) is 0 Å². The number of carbonyl (C=O) groups is 1. The molecule has 0 aliphatic rings. The number of sulfonamides is 1. The van der Waals surface area contributed by atoms with Crippen LogP contribution < -0.4 is 14.8 Å². The first-order valence-electron chi connectivity index (χ1n) is 9.96. The lowest BCUT2D eigenvalue weighted by molar-refractivity contribution is 0.0935. The largest absolute Gasteiger partial charge is 0.497 e. The lowest BCUT2D eigenvalue weighted by Gasteiger charge is -2.18. The Labute approximate surface area is 183 Å². The molecule has 0 saturated heterocycles. The summed E-state index contributed by atoms with van der Waals surface area (Å²) in [4.78, 5) is 12.9. The molecule has 0 aliphatic carbocycles. The van der Waals surface area contributed by atoms with Gasteiger partial charge in [-0.1, -0.05) is 36.8 Å². The molecule has 3 rings (SSSR count). The van der Waals surface area contributed by atoms with Crippen LogP contribution >= 0.6 is 0 Å². The molecule has 31 heavy (non-hydrogen) atoms. The number of carbonyl (C=O) groups excluding carboxylic acids is 1. The first-order chi connectivity index (χ1) is 14.8. The topological polar surface area (TPSA) is 84.5 Å². The van der Waals surface area contributed by atoms with E-state index in [9.17, 15) is 13.2 Å². The molecule has 0 spiro atoms. The Morgan fingerprint density at radius 2 is 1.55 bits per heavy atom.